The molecule has 2 N–H and O–H groups in total. The fourth-order valence-corrected chi connectivity index (χ4v) is 8.36. The molecule has 2 saturated carbocycles. The van der Waals surface area contributed by atoms with E-state index in [1.54, 1.807) is 37.3 Å². The Balaban J connectivity index is 1.42. The number of rotatable bonds is 5. The molecule has 3 aliphatic carbocycles. The Morgan fingerprint density at radius 2 is 1.86 bits per heavy atom. The van der Waals surface area contributed by atoms with Crippen molar-refractivity contribution in [3.63, 3.8) is 0 Å². The summed E-state index contributed by atoms with van der Waals surface area (Å²) in [6.45, 7) is 6.18. The largest absolute Gasteiger partial charge is 0.508 e. The Labute approximate surface area is 214 Å². The number of fused-ring (bicyclic) bond motifs is 5. The van der Waals surface area contributed by atoms with Crippen LogP contribution in [0.5, 0.6) is 5.75 Å². The number of nitrogens with zero attached hydrogens (tertiary/aromatic N) is 1. The van der Waals surface area contributed by atoms with Gasteiger partial charge in [0.1, 0.15) is 5.75 Å². The minimum absolute atomic E-state index is 0.0917. The summed E-state index contributed by atoms with van der Waals surface area (Å²) < 4.78 is 35.9. The average Bonchev–Trinajstić information content (AvgIpc) is 3.09. The van der Waals surface area contributed by atoms with Crippen molar-refractivity contribution in [1.29, 1.82) is 0 Å². The van der Waals surface area contributed by atoms with Crippen molar-refractivity contribution in [3.8, 4) is 5.75 Å². The third kappa shape index (κ3) is 4.24. The molecule has 5 atom stereocenters. The molecule has 0 saturated heterocycles. The number of hydrogen-bond acceptors (Lipinski definition) is 5. The maximum Gasteiger partial charge on any atom is 0.285 e. The van der Waals surface area contributed by atoms with Gasteiger partial charge in [-0.1, -0.05) is 30.7 Å². The van der Waals surface area contributed by atoms with Gasteiger partial charge in [-0.2, -0.15) is 8.42 Å². The van der Waals surface area contributed by atoms with Crippen LogP contribution in [0.3, 0.4) is 0 Å². The predicted octanol–water partition coefficient (Wildman–Crippen LogP) is 5.50. The van der Waals surface area contributed by atoms with Crippen LogP contribution >= 0.6 is 0 Å². The predicted molar refractivity (Wildman–Crippen MR) is 140 cm³/mol. The molecule has 6 nitrogen and oxygen atoms in total. The Kier molecular flexibility index (Phi) is 6.44. The number of hydrogen-bond donors (Lipinski definition) is 2. The Bertz CT molecular complexity index is 1270. The van der Waals surface area contributed by atoms with Gasteiger partial charge in [0.15, 0.2) is 0 Å². The summed E-state index contributed by atoms with van der Waals surface area (Å²) in [6.07, 6.45) is 5.44. The van der Waals surface area contributed by atoms with Gasteiger partial charge in [0.25, 0.3) is 10.0 Å². The van der Waals surface area contributed by atoms with E-state index in [1.165, 1.54) is 11.1 Å². The van der Waals surface area contributed by atoms with Gasteiger partial charge < -0.3 is 14.9 Å². The zero-order valence-electron chi connectivity index (χ0n) is 21.4. The van der Waals surface area contributed by atoms with Crippen LogP contribution < -0.4 is 0 Å². The SMILES string of the molecule is CCO/C(C[C@]1(O)CC[C@H]2[C@@H]3CCc4cc(O)ccc4[C@H]3CC[C@@]21C)=N/S(=O)(=O)c1ccc(C)cc1. The van der Waals surface area contributed by atoms with E-state index in [0.29, 0.717) is 29.9 Å². The topological polar surface area (TPSA) is 96.2 Å². The molecule has 0 spiro atoms. The summed E-state index contributed by atoms with van der Waals surface area (Å²) in [6, 6.07) is 12.4. The maximum atomic E-state index is 13.0. The number of aryl methyl sites for hydroxylation is 2. The van der Waals surface area contributed by atoms with Crippen LogP contribution in [0.1, 0.15) is 75.0 Å². The average molecular weight is 512 g/mol. The number of ether oxygens (including phenoxy) is 1. The molecule has 2 fully saturated rings. The van der Waals surface area contributed by atoms with Gasteiger partial charge in [-0.15, -0.1) is 4.40 Å². The Morgan fingerprint density at radius 3 is 2.58 bits per heavy atom. The normalized spacial score (nSPS) is 31.9. The van der Waals surface area contributed by atoms with Crippen LogP contribution in [-0.2, 0) is 21.2 Å². The zero-order chi connectivity index (χ0) is 25.7. The van der Waals surface area contributed by atoms with Crippen molar-refractivity contribution < 1.29 is 23.4 Å². The molecule has 0 bridgehead atoms. The van der Waals surface area contributed by atoms with Crippen LogP contribution in [0.4, 0.5) is 0 Å². The summed E-state index contributed by atoms with van der Waals surface area (Å²) in [4.78, 5) is 0.125. The highest BCUT2D eigenvalue weighted by Crippen LogP contribution is 2.65. The number of benzene rings is 2. The van der Waals surface area contributed by atoms with E-state index in [4.69, 9.17) is 4.74 Å². The van der Waals surface area contributed by atoms with Crippen molar-refractivity contribution >= 4 is 15.9 Å². The van der Waals surface area contributed by atoms with E-state index >= 15 is 0 Å². The first-order chi connectivity index (χ1) is 17.1. The first-order valence-electron chi connectivity index (χ1n) is 13.1. The van der Waals surface area contributed by atoms with Gasteiger partial charge in [-0.05, 0) is 111 Å². The molecule has 0 amide bonds. The third-order valence-electron chi connectivity index (χ3n) is 9.33. The first-order valence-corrected chi connectivity index (χ1v) is 14.6. The van der Waals surface area contributed by atoms with Crippen molar-refractivity contribution in [3.05, 3.63) is 59.2 Å². The highest BCUT2D eigenvalue weighted by atomic mass is 32.2. The molecule has 5 rings (SSSR count). The van der Waals surface area contributed by atoms with Gasteiger partial charge in [-0.3, -0.25) is 0 Å². The van der Waals surface area contributed by atoms with E-state index in [-0.39, 0.29) is 29.2 Å². The van der Waals surface area contributed by atoms with E-state index in [1.807, 2.05) is 13.0 Å². The summed E-state index contributed by atoms with van der Waals surface area (Å²) >= 11 is 0. The number of sulfonamides is 1. The maximum absolute atomic E-state index is 13.0. The van der Waals surface area contributed by atoms with Crippen molar-refractivity contribution in [1.82, 2.24) is 0 Å². The molecule has 7 heteroatoms. The lowest BCUT2D eigenvalue weighted by Crippen LogP contribution is -2.51. The van der Waals surface area contributed by atoms with Crippen LogP contribution in [0.15, 0.2) is 51.8 Å². The van der Waals surface area contributed by atoms with Crippen LogP contribution in [0, 0.1) is 24.2 Å². The molecule has 2 aromatic carbocycles. The molecule has 0 heterocycles. The third-order valence-corrected chi connectivity index (χ3v) is 10.6. The molecule has 0 aliphatic heterocycles. The van der Waals surface area contributed by atoms with Gasteiger partial charge >= 0.3 is 0 Å². The second kappa shape index (κ2) is 9.18. The highest BCUT2D eigenvalue weighted by Gasteiger charge is 2.61. The van der Waals surface area contributed by atoms with Gasteiger partial charge in [0.2, 0.25) is 5.90 Å². The summed E-state index contributed by atoms with van der Waals surface area (Å²) in [5, 5.41) is 22.0. The Hall–Kier alpha value is -2.38. The molecular weight excluding hydrogens is 474 g/mol. The minimum Gasteiger partial charge on any atom is -0.508 e. The fourth-order valence-electron chi connectivity index (χ4n) is 7.39. The van der Waals surface area contributed by atoms with Crippen LogP contribution in [-0.4, -0.2) is 36.7 Å². The van der Waals surface area contributed by atoms with Crippen LogP contribution in [0.25, 0.3) is 0 Å². The second-order valence-electron chi connectivity index (χ2n) is 11.2. The number of phenolic OH excluding ortho intramolecular Hbond substituents is 1. The van der Waals surface area contributed by atoms with E-state index < -0.39 is 15.6 Å². The summed E-state index contributed by atoms with van der Waals surface area (Å²) in [5.74, 6) is 1.68. The van der Waals surface area contributed by atoms with Crippen molar-refractivity contribution in [2.24, 2.45) is 21.6 Å². The van der Waals surface area contributed by atoms with E-state index in [9.17, 15) is 18.6 Å². The molecular formula is C29H37NO5S. The fraction of sp³-hybridized carbons (Fsp3) is 0.552. The molecule has 0 unspecified atom stereocenters. The minimum atomic E-state index is -3.94. The molecule has 194 valence electrons. The van der Waals surface area contributed by atoms with Crippen LogP contribution in [0.2, 0.25) is 0 Å². The smallest absolute Gasteiger partial charge is 0.285 e. The van der Waals surface area contributed by atoms with Gasteiger partial charge in [0, 0.05) is 0 Å². The van der Waals surface area contributed by atoms with Crippen molar-refractivity contribution in [2.75, 3.05) is 6.61 Å². The molecule has 2 aromatic rings. The lowest BCUT2D eigenvalue weighted by atomic mass is 9.53. The first kappa shape index (κ1) is 25.3. The molecule has 36 heavy (non-hydrogen) atoms. The number of aromatic hydroxyl groups is 1. The standard InChI is InChI=1S/C29H37NO5S/c1-4-35-27(30-36(33,34)22-9-5-19(2)6-10-22)18-29(32)16-14-26-25-11-7-20-17-21(31)8-12-23(20)24(25)13-15-28(26,29)3/h5-6,8-10,12,17,24-26,31-32H,4,7,11,13-16,18H2,1-3H3/b30-27+/t24-,25-,26+,28+,29-/m1/s1. The second-order valence-corrected chi connectivity index (χ2v) is 12.8. The molecule has 0 radical (unpaired) electrons. The van der Waals surface area contributed by atoms with Crippen molar-refractivity contribution in [2.45, 2.75) is 82.1 Å². The number of phenols is 1. The van der Waals surface area contributed by atoms with Gasteiger partial charge in [0.05, 0.1) is 23.5 Å². The van der Waals surface area contributed by atoms with E-state index in [0.717, 1.165) is 37.7 Å². The van der Waals surface area contributed by atoms with E-state index in [2.05, 4.69) is 17.4 Å². The van der Waals surface area contributed by atoms with Gasteiger partial charge in [-0.25, -0.2) is 0 Å². The monoisotopic (exact) mass is 511 g/mol. The molecule has 0 aromatic heterocycles. The lowest BCUT2D eigenvalue weighted by molar-refractivity contribution is -0.0997. The lowest BCUT2D eigenvalue weighted by Gasteiger charge is -2.53. The number of aliphatic hydroxyl groups is 1. The molecule has 3 aliphatic rings. The Morgan fingerprint density at radius 1 is 1.11 bits per heavy atom. The zero-order valence-corrected chi connectivity index (χ0v) is 22.2. The summed E-state index contributed by atoms with van der Waals surface area (Å²) in [7, 11) is -3.94. The summed E-state index contributed by atoms with van der Waals surface area (Å²) in [5.41, 5.74) is 2.16. The quantitative estimate of drug-likeness (QED) is 0.408. The highest BCUT2D eigenvalue weighted by molar-refractivity contribution is 7.90.